The van der Waals surface area contributed by atoms with Crippen molar-refractivity contribution in [3.05, 3.63) is 0 Å². The van der Waals surface area contributed by atoms with E-state index in [0.717, 1.165) is 0 Å². The van der Waals surface area contributed by atoms with Crippen LogP contribution in [0, 0.1) is 12.3 Å². The summed E-state index contributed by atoms with van der Waals surface area (Å²) in [5.41, 5.74) is -0.604. The fourth-order valence-electron chi connectivity index (χ4n) is 2.91. The molecule has 20 heavy (non-hydrogen) atoms. The molecule has 0 bridgehead atoms. The Bertz CT molecular complexity index is 436. The largest absolute Gasteiger partial charge is 0.498 e. The van der Waals surface area contributed by atoms with Gasteiger partial charge in [0.25, 0.3) is 6.09 Å². The predicted octanol–water partition coefficient (Wildman–Crippen LogP) is 0.0382. The molecule has 0 aliphatic carbocycles. The lowest BCUT2D eigenvalue weighted by Gasteiger charge is -2.47. The topological polar surface area (TPSA) is 81.3 Å². The van der Waals surface area contributed by atoms with E-state index in [2.05, 4.69) is 16.6 Å². The highest BCUT2D eigenvalue weighted by atomic mass is 16.4. The Morgan fingerprint density at radius 2 is 2.05 bits per heavy atom. The maximum atomic E-state index is 11.7. The van der Waals surface area contributed by atoms with Gasteiger partial charge in [-0.3, -0.25) is 4.48 Å². The van der Waals surface area contributed by atoms with E-state index >= 15 is 0 Å². The van der Waals surface area contributed by atoms with Crippen LogP contribution in [0.4, 0.5) is 9.59 Å². The zero-order chi connectivity index (χ0) is 15.6. The van der Waals surface area contributed by atoms with Crippen molar-refractivity contribution in [2.45, 2.75) is 51.7 Å². The van der Waals surface area contributed by atoms with E-state index in [1.54, 1.807) is 0 Å². The van der Waals surface area contributed by atoms with Crippen LogP contribution in [0.15, 0.2) is 0 Å². The molecule has 1 fully saturated rings. The molecule has 6 heteroatoms. The summed E-state index contributed by atoms with van der Waals surface area (Å²) in [4.78, 5) is 23.3. The van der Waals surface area contributed by atoms with Gasteiger partial charge in [-0.1, -0.05) is 0 Å². The standard InChI is InChI=1S/C14H23N3O3/c1-6-11-8-10(16-12(18)15-7-2)9-17(11,13(19)20)14(3,4)5/h1,10-11H,7-9H2,2-5H3,(H2-,15,16,18,19,20)/t10-,11-,17?/m1/s1. The minimum atomic E-state index is -1.19. The van der Waals surface area contributed by atoms with E-state index in [-0.39, 0.29) is 23.1 Å². The van der Waals surface area contributed by atoms with Gasteiger partial charge in [0.1, 0.15) is 6.54 Å². The Morgan fingerprint density at radius 3 is 2.40 bits per heavy atom. The highest BCUT2D eigenvalue weighted by molar-refractivity contribution is 5.74. The van der Waals surface area contributed by atoms with E-state index in [1.165, 1.54) is 0 Å². The van der Waals surface area contributed by atoms with Crippen LogP contribution < -0.4 is 15.7 Å². The number of carbonyl (C=O) groups is 2. The van der Waals surface area contributed by atoms with Gasteiger partial charge in [-0.2, -0.15) is 0 Å². The van der Waals surface area contributed by atoms with Crippen molar-refractivity contribution in [2.75, 3.05) is 13.1 Å². The number of amides is 3. The first-order chi connectivity index (χ1) is 9.18. The number of carboxylic acid groups (broad SMARTS) is 1. The Kier molecular flexibility index (Phi) is 4.66. The minimum Gasteiger partial charge on any atom is -0.498 e. The summed E-state index contributed by atoms with van der Waals surface area (Å²) in [7, 11) is 0. The van der Waals surface area contributed by atoms with Crippen LogP contribution in [0.1, 0.15) is 34.1 Å². The molecule has 6 nitrogen and oxygen atoms in total. The molecule has 3 atom stereocenters. The number of hydrogen-bond donors (Lipinski definition) is 2. The number of carbonyl (C=O) groups excluding carboxylic acids is 2. The summed E-state index contributed by atoms with van der Waals surface area (Å²) in [5.74, 6) is 2.56. The SMILES string of the molecule is C#C[C@@H]1C[C@@H](NC(=O)NCC)C[N+]1(C(=O)[O-])C(C)(C)C. The maximum absolute atomic E-state index is 11.7. The predicted molar refractivity (Wildman–Crippen MR) is 73.5 cm³/mol. The zero-order valence-corrected chi connectivity index (χ0v) is 12.5. The molecule has 0 saturated carbocycles. The Hall–Kier alpha value is -1.74. The molecule has 0 aromatic heterocycles. The number of terminal acetylenes is 1. The number of nitrogens with zero attached hydrogens (tertiary/aromatic N) is 1. The lowest BCUT2D eigenvalue weighted by atomic mass is 10.00. The van der Waals surface area contributed by atoms with Gasteiger partial charge in [0.05, 0.1) is 11.6 Å². The number of hydrogen-bond acceptors (Lipinski definition) is 3. The molecule has 112 valence electrons. The van der Waals surface area contributed by atoms with Crippen molar-refractivity contribution < 1.29 is 19.2 Å². The quantitative estimate of drug-likeness (QED) is 0.554. The van der Waals surface area contributed by atoms with E-state index < -0.39 is 17.7 Å². The number of quaternary nitrogens is 1. The summed E-state index contributed by atoms with van der Waals surface area (Å²) in [6.07, 6.45) is 4.75. The molecule has 0 radical (unpaired) electrons. The Balaban J connectivity index is 3.00. The van der Waals surface area contributed by atoms with E-state index in [1.807, 2.05) is 27.7 Å². The average molecular weight is 281 g/mol. The fraction of sp³-hybridized carbons (Fsp3) is 0.714. The van der Waals surface area contributed by atoms with Crippen LogP contribution in [-0.2, 0) is 0 Å². The molecule has 2 N–H and O–H groups in total. The normalized spacial score (nSPS) is 29.6. The third kappa shape index (κ3) is 2.73. The molecule has 1 aliphatic heterocycles. The summed E-state index contributed by atoms with van der Waals surface area (Å²) in [5, 5.41) is 17.1. The maximum Gasteiger partial charge on any atom is 0.315 e. The monoisotopic (exact) mass is 281 g/mol. The summed E-state index contributed by atoms with van der Waals surface area (Å²) in [6, 6.07) is -1.09. The summed E-state index contributed by atoms with van der Waals surface area (Å²) < 4.78 is -0.333. The van der Waals surface area contributed by atoms with E-state index in [9.17, 15) is 14.7 Å². The Morgan fingerprint density at radius 1 is 1.45 bits per heavy atom. The van der Waals surface area contributed by atoms with Crippen LogP contribution >= 0.6 is 0 Å². The van der Waals surface area contributed by atoms with Crippen molar-refractivity contribution in [1.82, 2.24) is 10.6 Å². The molecule has 1 rings (SSSR count). The third-order valence-electron chi connectivity index (χ3n) is 3.94. The first-order valence-corrected chi connectivity index (χ1v) is 6.79. The lowest BCUT2D eigenvalue weighted by Crippen LogP contribution is -2.70. The summed E-state index contributed by atoms with van der Waals surface area (Å²) >= 11 is 0. The van der Waals surface area contributed by atoms with Gasteiger partial charge < -0.3 is 20.5 Å². The number of likely N-dealkylation sites (tertiary alicyclic amines) is 1. The van der Waals surface area contributed by atoms with Gasteiger partial charge in [-0.25, -0.2) is 4.79 Å². The molecule has 0 aromatic carbocycles. The van der Waals surface area contributed by atoms with Crippen LogP contribution in [0.5, 0.6) is 0 Å². The van der Waals surface area contributed by atoms with Gasteiger partial charge in [0.15, 0.2) is 6.04 Å². The zero-order valence-electron chi connectivity index (χ0n) is 12.5. The van der Waals surface area contributed by atoms with Crippen molar-refractivity contribution in [3.8, 4) is 12.3 Å². The molecule has 1 heterocycles. The highest BCUT2D eigenvalue weighted by Crippen LogP contribution is 2.36. The van der Waals surface area contributed by atoms with Crippen LogP contribution in [0.25, 0.3) is 0 Å². The second-order valence-electron chi connectivity index (χ2n) is 6.11. The van der Waals surface area contributed by atoms with E-state index in [4.69, 9.17) is 6.42 Å². The van der Waals surface area contributed by atoms with Crippen LogP contribution in [0.3, 0.4) is 0 Å². The van der Waals surface area contributed by atoms with E-state index in [0.29, 0.717) is 13.0 Å². The van der Waals surface area contributed by atoms with Gasteiger partial charge in [0, 0.05) is 13.0 Å². The fourth-order valence-corrected chi connectivity index (χ4v) is 2.91. The second-order valence-corrected chi connectivity index (χ2v) is 6.11. The Labute approximate surface area is 120 Å². The lowest BCUT2D eigenvalue weighted by molar-refractivity contribution is -0.923. The molecular weight excluding hydrogens is 258 g/mol. The van der Waals surface area contributed by atoms with Crippen molar-refractivity contribution in [2.24, 2.45) is 0 Å². The van der Waals surface area contributed by atoms with Crippen LogP contribution in [0.2, 0.25) is 0 Å². The summed E-state index contributed by atoms with van der Waals surface area (Å²) in [6.45, 7) is 8.02. The molecule has 0 aromatic rings. The molecule has 1 saturated heterocycles. The first-order valence-electron chi connectivity index (χ1n) is 6.79. The number of nitrogens with one attached hydrogen (secondary N) is 2. The highest BCUT2D eigenvalue weighted by Gasteiger charge is 2.55. The molecule has 0 spiro atoms. The average Bonchev–Trinajstić information content (AvgIpc) is 2.68. The molecule has 1 aliphatic rings. The third-order valence-corrected chi connectivity index (χ3v) is 3.94. The van der Waals surface area contributed by atoms with Crippen molar-refractivity contribution in [1.29, 1.82) is 0 Å². The molecular formula is C14H23N3O3. The van der Waals surface area contributed by atoms with Gasteiger partial charge in [-0.15, -0.1) is 6.42 Å². The molecule has 3 amide bonds. The molecule has 1 unspecified atom stereocenters. The van der Waals surface area contributed by atoms with Gasteiger partial charge in [-0.05, 0) is 33.6 Å². The smallest absolute Gasteiger partial charge is 0.315 e. The first kappa shape index (κ1) is 16.3. The van der Waals surface area contributed by atoms with Crippen molar-refractivity contribution >= 4 is 12.1 Å². The number of rotatable bonds is 2. The number of urea groups is 1. The second kappa shape index (κ2) is 5.71. The van der Waals surface area contributed by atoms with Gasteiger partial charge in [0.2, 0.25) is 0 Å². The van der Waals surface area contributed by atoms with Crippen molar-refractivity contribution in [3.63, 3.8) is 0 Å². The van der Waals surface area contributed by atoms with Crippen LogP contribution in [-0.4, -0.2) is 47.3 Å². The van der Waals surface area contributed by atoms with Gasteiger partial charge >= 0.3 is 6.03 Å². The minimum absolute atomic E-state index is 0.234.